The van der Waals surface area contributed by atoms with Crippen LogP contribution in [0.2, 0.25) is 0 Å². The van der Waals surface area contributed by atoms with Gasteiger partial charge in [-0.05, 0) is 25.0 Å². The number of rotatable bonds is 5. The Morgan fingerprint density at radius 3 is 2.75 bits per heavy atom. The Kier molecular flexibility index (Phi) is 4.96. The van der Waals surface area contributed by atoms with E-state index in [1.807, 2.05) is 32.9 Å². The average Bonchev–Trinajstić information content (AvgIpc) is 2.71. The standard InChI is InChI=1S/C12H19NO2S/c1-4-8(2)10(14)7-13-12(15)11-6-5-9(3)16-11/h5-6,8,10,14H,4,7H2,1-3H3,(H,13,15). The van der Waals surface area contributed by atoms with Gasteiger partial charge < -0.3 is 10.4 Å². The summed E-state index contributed by atoms with van der Waals surface area (Å²) in [6.45, 7) is 6.30. The van der Waals surface area contributed by atoms with E-state index in [-0.39, 0.29) is 11.8 Å². The number of amides is 1. The summed E-state index contributed by atoms with van der Waals surface area (Å²) in [5.41, 5.74) is 0. The van der Waals surface area contributed by atoms with Crippen molar-refractivity contribution in [3.63, 3.8) is 0 Å². The number of carbonyl (C=O) groups is 1. The highest BCUT2D eigenvalue weighted by atomic mass is 32.1. The molecule has 0 radical (unpaired) electrons. The van der Waals surface area contributed by atoms with E-state index < -0.39 is 6.10 Å². The number of hydrogen-bond donors (Lipinski definition) is 2. The number of carbonyl (C=O) groups excluding carboxylic acids is 1. The molecule has 0 aliphatic rings. The SMILES string of the molecule is CCC(C)C(O)CNC(=O)c1ccc(C)s1. The van der Waals surface area contributed by atoms with E-state index in [2.05, 4.69) is 5.32 Å². The summed E-state index contributed by atoms with van der Waals surface area (Å²) in [5, 5.41) is 12.5. The minimum Gasteiger partial charge on any atom is -0.391 e. The van der Waals surface area contributed by atoms with Gasteiger partial charge in [-0.2, -0.15) is 0 Å². The molecule has 4 heteroatoms. The van der Waals surface area contributed by atoms with Crippen molar-refractivity contribution in [1.82, 2.24) is 5.32 Å². The lowest BCUT2D eigenvalue weighted by molar-refractivity contribution is 0.0853. The number of aryl methyl sites for hydroxylation is 1. The predicted octanol–water partition coefficient (Wildman–Crippen LogP) is 2.19. The average molecular weight is 241 g/mol. The molecule has 0 aliphatic heterocycles. The molecule has 1 aromatic heterocycles. The zero-order valence-corrected chi connectivity index (χ0v) is 10.8. The van der Waals surface area contributed by atoms with Crippen LogP contribution in [0.1, 0.15) is 34.8 Å². The van der Waals surface area contributed by atoms with Gasteiger partial charge >= 0.3 is 0 Å². The molecule has 3 nitrogen and oxygen atoms in total. The van der Waals surface area contributed by atoms with E-state index in [1.165, 1.54) is 11.3 Å². The van der Waals surface area contributed by atoms with Crippen molar-refractivity contribution in [1.29, 1.82) is 0 Å². The first-order valence-electron chi connectivity index (χ1n) is 5.57. The Bertz CT molecular complexity index is 349. The number of thiophene rings is 1. The zero-order chi connectivity index (χ0) is 12.1. The highest BCUT2D eigenvalue weighted by Crippen LogP contribution is 2.14. The second kappa shape index (κ2) is 6.01. The summed E-state index contributed by atoms with van der Waals surface area (Å²) in [6.07, 6.45) is 0.449. The minimum atomic E-state index is -0.463. The number of aliphatic hydroxyl groups is 1. The van der Waals surface area contributed by atoms with Crippen LogP contribution >= 0.6 is 11.3 Å². The Morgan fingerprint density at radius 1 is 1.56 bits per heavy atom. The third-order valence-corrected chi connectivity index (χ3v) is 3.74. The van der Waals surface area contributed by atoms with Gasteiger partial charge in [0.25, 0.3) is 5.91 Å². The smallest absolute Gasteiger partial charge is 0.261 e. The molecule has 1 aromatic rings. The number of hydrogen-bond acceptors (Lipinski definition) is 3. The molecule has 2 atom stereocenters. The molecule has 90 valence electrons. The molecule has 0 aromatic carbocycles. The molecule has 1 amide bonds. The first-order valence-corrected chi connectivity index (χ1v) is 6.39. The van der Waals surface area contributed by atoms with Gasteiger partial charge in [0, 0.05) is 11.4 Å². The van der Waals surface area contributed by atoms with E-state index in [0.29, 0.717) is 11.4 Å². The topological polar surface area (TPSA) is 49.3 Å². The predicted molar refractivity (Wildman–Crippen MR) is 66.9 cm³/mol. The van der Waals surface area contributed by atoms with Crippen LogP contribution in [-0.4, -0.2) is 23.7 Å². The van der Waals surface area contributed by atoms with E-state index in [0.717, 1.165) is 11.3 Å². The molecule has 0 spiro atoms. The summed E-state index contributed by atoms with van der Waals surface area (Å²) >= 11 is 1.47. The maximum atomic E-state index is 11.7. The normalized spacial score (nSPS) is 14.5. The van der Waals surface area contributed by atoms with Crippen molar-refractivity contribution in [2.45, 2.75) is 33.3 Å². The van der Waals surface area contributed by atoms with E-state index in [1.54, 1.807) is 0 Å². The Hall–Kier alpha value is -0.870. The maximum absolute atomic E-state index is 11.7. The molecule has 1 rings (SSSR count). The van der Waals surface area contributed by atoms with Crippen molar-refractivity contribution in [3.8, 4) is 0 Å². The van der Waals surface area contributed by atoms with Gasteiger partial charge in [0.15, 0.2) is 0 Å². The molecule has 0 bridgehead atoms. The molecular formula is C12H19NO2S. The van der Waals surface area contributed by atoms with Crippen molar-refractivity contribution in [2.24, 2.45) is 5.92 Å². The molecule has 2 N–H and O–H groups in total. The summed E-state index contributed by atoms with van der Waals surface area (Å²) in [4.78, 5) is 13.5. The second-order valence-corrected chi connectivity index (χ2v) is 5.36. The van der Waals surface area contributed by atoms with Crippen molar-refractivity contribution in [2.75, 3.05) is 6.54 Å². The van der Waals surface area contributed by atoms with Crippen LogP contribution in [0, 0.1) is 12.8 Å². The lowest BCUT2D eigenvalue weighted by Crippen LogP contribution is -2.35. The van der Waals surface area contributed by atoms with Crippen LogP contribution in [0.4, 0.5) is 0 Å². The van der Waals surface area contributed by atoms with Crippen LogP contribution < -0.4 is 5.32 Å². The Labute approximate surface area is 100 Å². The summed E-state index contributed by atoms with van der Waals surface area (Å²) < 4.78 is 0. The van der Waals surface area contributed by atoms with Crippen molar-refractivity contribution >= 4 is 17.2 Å². The lowest BCUT2D eigenvalue weighted by Gasteiger charge is -2.17. The molecule has 0 saturated carbocycles. The quantitative estimate of drug-likeness (QED) is 0.830. The Balaban J connectivity index is 2.41. The first-order chi connectivity index (χ1) is 7.54. The summed E-state index contributed by atoms with van der Waals surface area (Å²) in [6, 6.07) is 3.73. The van der Waals surface area contributed by atoms with Crippen LogP contribution in [0.3, 0.4) is 0 Å². The van der Waals surface area contributed by atoms with Crippen LogP contribution in [0.15, 0.2) is 12.1 Å². The van der Waals surface area contributed by atoms with Gasteiger partial charge in [0.05, 0.1) is 11.0 Å². The monoisotopic (exact) mass is 241 g/mol. The van der Waals surface area contributed by atoms with Gasteiger partial charge in [-0.25, -0.2) is 0 Å². The minimum absolute atomic E-state index is 0.0968. The highest BCUT2D eigenvalue weighted by Gasteiger charge is 2.14. The molecule has 2 unspecified atom stereocenters. The molecule has 16 heavy (non-hydrogen) atoms. The van der Waals surface area contributed by atoms with Crippen LogP contribution in [0.5, 0.6) is 0 Å². The van der Waals surface area contributed by atoms with Gasteiger partial charge in [-0.15, -0.1) is 11.3 Å². The van der Waals surface area contributed by atoms with E-state index in [4.69, 9.17) is 0 Å². The fourth-order valence-electron chi connectivity index (χ4n) is 1.31. The lowest BCUT2D eigenvalue weighted by atomic mass is 10.0. The molecule has 0 aliphatic carbocycles. The van der Waals surface area contributed by atoms with Gasteiger partial charge in [0.2, 0.25) is 0 Å². The third-order valence-electron chi connectivity index (χ3n) is 2.74. The van der Waals surface area contributed by atoms with Crippen LogP contribution in [0.25, 0.3) is 0 Å². The summed E-state index contributed by atoms with van der Waals surface area (Å²) in [5.74, 6) is 0.117. The highest BCUT2D eigenvalue weighted by molar-refractivity contribution is 7.13. The van der Waals surface area contributed by atoms with Gasteiger partial charge in [0.1, 0.15) is 0 Å². The zero-order valence-electron chi connectivity index (χ0n) is 9.99. The maximum Gasteiger partial charge on any atom is 0.261 e. The largest absolute Gasteiger partial charge is 0.391 e. The number of aliphatic hydroxyl groups excluding tert-OH is 1. The molecule has 1 heterocycles. The van der Waals surface area contributed by atoms with Gasteiger partial charge in [-0.3, -0.25) is 4.79 Å². The van der Waals surface area contributed by atoms with Crippen molar-refractivity contribution < 1.29 is 9.90 Å². The Morgan fingerprint density at radius 2 is 2.25 bits per heavy atom. The fourth-order valence-corrected chi connectivity index (χ4v) is 2.10. The third kappa shape index (κ3) is 3.61. The molecule has 0 fully saturated rings. The fraction of sp³-hybridized carbons (Fsp3) is 0.583. The van der Waals surface area contributed by atoms with Crippen LogP contribution in [-0.2, 0) is 0 Å². The van der Waals surface area contributed by atoms with E-state index in [9.17, 15) is 9.90 Å². The van der Waals surface area contributed by atoms with E-state index >= 15 is 0 Å². The number of nitrogens with one attached hydrogen (secondary N) is 1. The summed E-state index contributed by atoms with van der Waals surface area (Å²) in [7, 11) is 0. The second-order valence-electron chi connectivity index (χ2n) is 4.07. The van der Waals surface area contributed by atoms with Gasteiger partial charge in [-0.1, -0.05) is 20.3 Å². The first kappa shape index (κ1) is 13.2. The molecular weight excluding hydrogens is 222 g/mol. The van der Waals surface area contributed by atoms with Crippen molar-refractivity contribution in [3.05, 3.63) is 21.9 Å². The molecule has 0 saturated heterocycles.